The molecule has 4 heteroatoms. The highest BCUT2D eigenvalue weighted by molar-refractivity contribution is 7.26. The summed E-state index contributed by atoms with van der Waals surface area (Å²) in [4.78, 5) is 4.82. The topological polar surface area (TPSA) is 15.7 Å². The van der Waals surface area contributed by atoms with Gasteiger partial charge < -0.3 is 14.5 Å². The second-order valence-corrected chi connectivity index (χ2v) is 14.7. The van der Waals surface area contributed by atoms with Crippen LogP contribution in [0.25, 0.3) is 42.4 Å². The number of fused-ring (bicyclic) bond motifs is 7. The van der Waals surface area contributed by atoms with E-state index in [2.05, 4.69) is 168 Å². The molecule has 1 aromatic heterocycles. The van der Waals surface area contributed by atoms with Crippen molar-refractivity contribution in [1.82, 2.24) is 0 Å². The van der Waals surface area contributed by atoms with Gasteiger partial charge in [0.1, 0.15) is 0 Å². The maximum Gasteiger partial charge on any atom is 0.151 e. The highest BCUT2D eigenvalue weighted by Gasteiger charge is 2.29. The third kappa shape index (κ3) is 4.66. The monoisotopic (exact) mass is 696 g/mol. The molecule has 0 aliphatic carbocycles. The van der Waals surface area contributed by atoms with E-state index in [-0.39, 0.29) is 0 Å². The largest absolute Gasteiger partial charge is 0.453 e. The molecule has 11 rings (SSSR count). The van der Waals surface area contributed by atoms with Gasteiger partial charge in [0.05, 0.1) is 22.7 Å². The number of hydrogen-bond donors (Lipinski definition) is 0. The molecule has 0 radical (unpaired) electrons. The van der Waals surface area contributed by atoms with Crippen LogP contribution < -0.4 is 14.5 Å². The van der Waals surface area contributed by atoms with Gasteiger partial charge in [-0.2, -0.15) is 0 Å². The second kappa shape index (κ2) is 12.0. The fourth-order valence-electron chi connectivity index (χ4n) is 8.35. The van der Waals surface area contributed by atoms with E-state index in [0.29, 0.717) is 0 Å². The Morgan fingerprint density at radius 1 is 0.340 bits per heavy atom. The van der Waals surface area contributed by atoms with Crippen molar-refractivity contribution in [2.24, 2.45) is 0 Å². The summed E-state index contributed by atoms with van der Waals surface area (Å²) in [5.41, 5.74) is 14.4. The third-order valence-electron chi connectivity index (χ3n) is 10.7. The van der Waals surface area contributed by atoms with Crippen LogP contribution in [-0.4, -0.2) is 0 Å². The van der Waals surface area contributed by atoms with E-state index in [9.17, 15) is 0 Å². The van der Waals surface area contributed by atoms with Crippen molar-refractivity contribution in [3.8, 4) is 33.8 Å². The number of anilines is 6. The first kappa shape index (κ1) is 30.0. The average molecular weight is 697 g/mol. The molecule has 0 saturated heterocycles. The molecule has 0 amide bonds. The van der Waals surface area contributed by atoms with Crippen molar-refractivity contribution in [2.45, 2.75) is 6.42 Å². The average Bonchev–Trinajstić information content (AvgIpc) is 3.61. The van der Waals surface area contributed by atoms with Crippen LogP contribution in [0.1, 0.15) is 11.1 Å². The van der Waals surface area contributed by atoms with E-state index >= 15 is 0 Å². The summed E-state index contributed by atoms with van der Waals surface area (Å²) in [6.45, 7) is 0. The Morgan fingerprint density at radius 3 is 1.23 bits per heavy atom. The van der Waals surface area contributed by atoms with Gasteiger partial charge in [0.2, 0.25) is 0 Å². The lowest BCUT2D eigenvalue weighted by Crippen LogP contribution is -2.19. The SMILES string of the molecule is c1ccc2c(c1)Cc1ccccc1N2c1ccccc1-c1cccc2c1sc1c(-c3ccccc3N3c4ccccc4Oc4ccccc43)cccc12. The van der Waals surface area contributed by atoms with Gasteiger partial charge in [-0.05, 0) is 59.7 Å². The van der Waals surface area contributed by atoms with Crippen LogP contribution in [0.3, 0.4) is 0 Å². The molecule has 3 heterocycles. The molecule has 2 aliphatic heterocycles. The Morgan fingerprint density at radius 2 is 0.717 bits per heavy atom. The number of rotatable bonds is 4. The molecular weight excluding hydrogens is 665 g/mol. The fraction of sp³-hybridized carbons (Fsp3) is 0.0204. The lowest BCUT2D eigenvalue weighted by atomic mass is 9.93. The minimum Gasteiger partial charge on any atom is -0.453 e. The molecule has 0 unspecified atom stereocenters. The quantitative estimate of drug-likeness (QED) is 0.182. The van der Waals surface area contributed by atoms with E-state index in [0.717, 1.165) is 35.0 Å². The minimum absolute atomic E-state index is 0.850. The van der Waals surface area contributed by atoms with Gasteiger partial charge in [-0.3, -0.25) is 0 Å². The number of ether oxygens (including phenoxy) is 1. The normalized spacial score (nSPS) is 12.9. The zero-order valence-corrected chi connectivity index (χ0v) is 29.6. The highest BCUT2D eigenvalue weighted by atomic mass is 32.1. The van der Waals surface area contributed by atoms with Crippen LogP contribution in [0.4, 0.5) is 34.1 Å². The molecule has 250 valence electrons. The number of nitrogens with zero attached hydrogens (tertiary/aromatic N) is 2. The van der Waals surface area contributed by atoms with Gasteiger partial charge in [0.25, 0.3) is 0 Å². The zero-order valence-electron chi connectivity index (χ0n) is 28.7. The molecule has 0 bridgehead atoms. The van der Waals surface area contributed by atoms with Gasteiger partial charge in [-0.1, -0.05) is 133 Å². The molecule has 0 saturated carbocycles. The first-order chi connectivity index (χ1) is 26.3. The van der Waals surface area contributed by atoms with Crippen molar-refractivity contribution in [3.63, 3.8) is 0 Å². The number of thiophene rings is 1. The molecule has 9 aromatic rings. The van der Waals surface area contributed by atoms with Gasteiger partial charge in [-0.25, -0.2) is 0 Å². The lowest BCUT2D eigenvalue weighted by Gasteiger charge is -2.34. The zero-order chi connectivity index (χ0) is 34.9. The summed E-state index contributed by atoms with van der Waals surface area (Å²) in [7, 11) is 0. The molecule has 2 aliphatic rings. The van der Waals surface area contributed by atoms with Crippen molar-refractivity contribution in [3.05, 3.63) is 193 Å². The Labute approximate surface area is 312 Å². The van der Waals surface area contributed by atoms with Crippen molar-refractivity contribution in [2.75, 3.05) is 9.80 Å². The Hall–Kier alpha value is -6.62. The van der Waals surface area contributed by atoms with Crippen molar-refractivity contribution < 1.29 is 4.74 Å². The van der Waals surface area contributed by atoms with Gasteiger partial charge >= 0.3 is 0 Å². The summed E-state index contributed by atoms with van der Waals surface area (Å²) in [6, 6.07) is 65.6. The molecule has 8 aromatic carbocycles. The fourth-order valence-corrected chi connectivity index (χ4v) is 9.71. The Kier molecular flexibility index (Phi) is 6.79. The summed E-state index contributed by atoms with van der Waals surface area (Å²) in [5.74, 6) is 1.70. The van der Waals surface area contributed by atoms with E-state index in [1.807, 2.05) is 35.6 Å². The molecule has 3 nitrogen and oxygen atoms in total. The summed E-state index contributed by atoms with van der Waals surface area (Å²) in [5, 5.41) is 2.55. The molecule has 0 fully saturated rings. The predicted octanol–water partition coefficient (Wildman–Crippen LogP) is 14.3. The number of benzene rings is 8. The molecule has 53 heavy (non-hydrogen) atoms. The van der Waals surface area contributed by atoms with Crippen LogP contribution in [0.5, 0.6) is 11.5 Å². The molecule has 0 atom stereocenters. The lowest BCUT2D eigenvalue weighted by molar-refractivity contribution is 0.477. The van der Waals surface area contributed by atoms with Crippen LogP contribution in [0.2, 0.25) is 0 Å². The van der Waals surface area contributed by atoms with Crippen LogP contribution in [-0.2, 0) is 6.42 Å². The highest BCUT2D eigenvalue weighted by Crippen LogP contribution is 2.54. The number of para-hydroxylation sites is 8. The van der Waals surface area contributed by atoms with E-state index in [1.165, 1.54) is 70.6 Å². The van der Waals surface area contributed by atoms with E-state index in [1.54, 1.807) is 0 Å². The van der Waals surface area contributed by atoms with Gasteiger partial charge in [0.15, 0.2) is 11.5 Å². The third-order valence-corrected chi connectivity index (χ3v) is 12.0. The maximum atomic E-state index is 6.39. The summed E-state index contributed by atoms with van der Waals surface area (Å²) in [6.07, 6.45) is 0.933. The first-order valence-corrected chi connectivity index (χ1v) is 18.9. The van der Waals surface area contributed by atoms with Crippen molar-refractivity contribution >= 4 is 65.6 Å². The Balaban J connectivity index is 1.11. The second-order valence-electron chi connectivity index (χ2n) is 13.6. The van der Waals surface area contributed by atoms with Gasteiger partial charge in [-0.15, -0.1) is 11.3 Å². The molecule has 0 spiro atoms. The van der Waals surface area contributed by atoms with Crippen LogP contribution in [0, 0.1) is 0 Å². The van der Waals surface area contributed by atoms with E-state index in [4.69, 9.17) is 4.74 Å². The van der Waals surface area contributed by atoms with Crippen LogP contribution >= 0.6 is 11.3 Å². The van der Waals surface area contributed by atoms with Crippen molar-refractivity contribution in [1.29, 1.82) is 0 Å². The van der Waals surface area contributed by atoms with Crippen LogP contribution in [0.15, 0.2) is 182 Å². The predicted molar refractivity (Wildman–Crippen MR) is 222 cm³/mol. The molecular formula is C49H32N2OS. The summed E-state index contributed by atoms with van der Waals surface area (Å²) < 4.78 is 8.96. The Bertz CT molecular complexity index is 2600. The van der Waals surface area contributed by atoms with E-state index < -0.39 is 0 Å². The number of hydrogen-bond acceptors (Lipinski definition) is 4. The smallest absolute Gasteiger partial charge is 0.151 e. The van der Waals surface area contributed by atoms with Gasteiger partial charge in [0, 0.05) is 60.2 Å². The molecule has 0 N–H and O–H groups in total. The standard InChI is InChI=1S/C49H32N2OS/c1-5-23-40-32(15-1)31-33-16-2-6-24-41(33)50(40)42-25-7-3-17-34(42)36-19-13-21-38-39-22-14-20-37(49(39)53-48(36)38)35-18-4-8-26-43(35)51-44-27-9-11-29-46(44)52-47-30-12-10-28-45(47)51/h1-30H,31H2. The first-order valence-electron chi connectivity index (χ1n) is 18.1. The minimum atomic E-state index is 0.850. The maximum absolute atomic E-state index is 6.39. The summed E-state index contributed by atoms with van der Waals surface area (Å²) >= 11 is 1.90.